The fourth-order valence-electron chi connectivity index (χ4n) is 7.80. The molecule has 4 heteroatoms. The van der Waals surface area contributed by atoms with Crippen molar-refractivity contribution in [2.45, 2.75) is 0 Å². The lowest BCUT2D eigenvalue weighted by Crippen LogP contribution is -1.98. The van der Waals surface area contributed by atoms with Crippen molar-refractivity contribution in [2.75, 3.05) is 0 Å². The van der Waals surface area contributed by atoms with Gasteiger partial charge in [-0.05, 0) is 77.9 Å². The van der Waals surface area contributed by atoms with Crippen molar-refractivity contribution < 1.29 is 8.83 Å². The van der Waals surface area contributed by atoms with Crippen LogP contribution in [0.25, 0.3) is 99.2 Å². The van der Waals surface area contributed by atoms with Gasteiger partial charge in [0.25, 0.3) is 0 Å². The number of benzene rings is 7. The van der Waals surface area contributed by atoms with Gasteiger partial charge in [0.15, 0.2) is 0 Å². The van der Waals surface area contributed by atoms with E-state index in [1.807, 2.05) is 24.3 Å². The average molecular weight is 615 g/mol. The number of para-hydroxylation sites is 4. The van der Waals surface area contributed by atoms with E-state index in [0.29, 0.717) is 0 Å². The maximum Gasteiger partial charge on any atom is 0.213 e. The van der Waals surface area contributed by atoms with E-state index in [9.17, 15) is 0 Å². The summed E-state index contributed by atoms with van der Waals surface area (Å²) in [6.07, 6.45) is 0. The van der Waals surface area contributed by atoms with Crippen LogP contribution in [0.1, 0.15) is 0 Å². The van der Waals surface area contributed by atoms with Crippen LogP contribution < -0.4 is 0 Å². The standard InChI is InChI=1S/C44H26N2O2/c1-5-16-37-31(12-1)35-24-27(28-21-23-42-36(25-28)32-13-3-7-18-40(32)47-42)20-22-39(35)45(37)29-10-9-11-30(26-29)46-38-17-6-2-14-33(38)43-34-15-4-8-19-41(34)48-44(43)46/h1-26H. The molecule has 4 aromatic heterocycles. The molecule has 0 saturated heterocycles. The fraction of sp³-hybridized carbons (Fsp3) is 0. The van der Waals surface area contributed by atoms with Crippen molar-refractivity contribution in [3.8, 4) is 22.5 Å². The van der Waals surface area contributed by atoms with Crippen LogP contribution in [0.2, 0.25) is 0 Å². The second kappa shape index (κ2) is 9.50. The Kier molecular flexibility index (Phi) is 5.08. The Morgan fingerprint density at radius 1 is 0.333 bits per heavy atom. The van der Waals surface area contributed by atoms with Crippen LogP contribution >= 0.6 is 0 Å². The van der Waals surface area contributed by atoms with E-state index in [1.54, 1.807) is 0 Å². The number of furan rings is 2. The number of aromatic nitrogens is 2. The first-order valence-corrected chi connectivity index (χ1v) is 16.3. The first-order chi connectivity index (χ1) is 23.8. The van der Waals surface area contributed by atoms with E-state index in [0.717, 1.165) is 66.4 Å². The number of nitrogens with zero attached hydrogens (tertiary/aromatic N) is 2. The minimum absolute atomic E-state index is 0.865. The summed E-state index contributed by atoms with van der Waals surface area (Å²) in [6, 6.07) is 56.0. The second-order valence-electron chi connectivity index (χ2n) is 12.5. The Morgan fingerprint density at radius 2 is 0.896 bits per heavy atom. The van der Waals surface area contributed by atoms with Gasteiger partial charge in [-0.1, -0.05) is 91.0 Å². The van der Waals surface area contributed by atoms with Gasteiger partial charge < -0.3 is 13.4 Å². The minimum atomic E-state index is 0.865. The Bertz CT molecular complexity index is 3080. The minimum Gasteiger partial charge on any atom is -0.456 e. The van der Waals surface area contributed by atoms with Crippen LogP contribution in [0.4, 0.5) is 0 Å². The van der Waals surface area contributed by atoms with Gasteiger partial charge in [-0.15, -0.1) is 0 Å². The third kappa shape index (κ3) is 3.49. The maximum absolute atomic E-state index is 6.54. The zero-order valence-corrected chi connectivity index (χ0v) is 25.7. The van der Waals surface area contributed by atoms with Crippen molar-refractivity contribution in [3.05, 3.63) is 158 Å². The van der Waals surface area contributed by atoms with Crippen LogP contribution in [0, 0.1) is 0 Å². The van der Waals surface area contributed by atoms with Gasteiger partial charge in [-0.2, -0.15) is 0 Å². The first kappa shape index (κ1) is 25.6. The van der Waals surface area contributed by atoms with E-state index >= 15 is 0 Å². The van der Waals surface area contributed by atoms with Gasteiger partial charge >= 0.3 is 0 Å². The molecule has 0 atom stereocenters. The maximum atomic E-state index is 6.54. The van der Waals surface area contributed by atoms with Gasteiger partial charge in [0.1, 0.15) is 16.7 Å². The monoisotopic (exact) mass is 614 g/mol. The molecule has 48 heavy (non-hydrogen) atoms. The molecule has 0 N–H and O–H groups in total. The summed E-state index contributed by atoms with van der Waals surface area (Å²) in [5.74, 6) is 0. The Morgan fingerprint density at radius 3 is 1.71 bits per heavy atom. The van der Waals surface area contributed by atoms with Crippen molar-refractivity contribution in [3.63, 3.8) is 0 Å². The summed E-state index contributed by atoms with van der Waals surface area (Å²) in [5.41, 5.74) is 11.6. The molecule has 7 aromatic carbocycles. The molecular formula is C44H26N2O2. The van der Waals surface area contributed by atoms with E-state index in [1.165, 1.54) is 32.8 Å². The quantitative estimate of drug-likeness (QED) is 0.198. The molecule has 4 heterocycles. The van der Waals surface area contributed by atoms with Crippen molar-refractivity contribution in [1.29, 1.82) is 0 Å². The zero-order valence-electron chi connectivity index (χ0n) is 25.7. The lowest BCUT2D eigenvalue weighted by molar-refractivity contribution is 0.645. The van der Waals surface area contributed by atoms with E-state index < -0.39 is 0 Å². The lowest BCUT2D eigenvalue weighted by atomic mass is 10.0. The molecule has 0 aliphatic rings. The molecule has 0 fully saturated rings. The van der Waals surface area contributed by atoms with Crippen molar-refractivity contribution in [2.24, 2.45) is 0 Å². The van der Waals surface area contributed by atoms with Crippen LogP contribution in [-0.2, 0) is 0 Å². The molecule has 0 unspecified atom stereocenters. The summed E-state index contributed by atoms with van der Waals surface area (Å²) >= 11 is 0. The summed E-state index contributed by atoms with van der Waals surface area (Å²) in [5, 5.41) is 8.20. The third-order valence-corrected chi connectivity index (χ3v) is 9.92. The molecule has 224 valence electrons. The molecule has 11 rings (SSSR count). The Labute approximate surface area is 274 Å². The molecule has 11 aromatic rings. The first-order valence-electron chi connectivity index (χ1n) is 16.3. The van der Waals surface area contributed by atoms with E-state index in [4.69, 9.17) is 8.83 Å². The highest BCUT2D eigenvalue weighted by molar-refractivity contribution is 6.20. The fourth-order valence-corrected chi connectivity index (χ4v) is 7.80. The predicted octanol–water partition coefficient (Wildman–Crippen LogP) is 12.2. The van der Waals surface area contributed by atoms with Crippen molar-refractivity contribution >= 4 is 76.7 Å². The largest absolute Gasteiger partial charge is 0.456 e. The van der Waals surface area contributed by atoms with Crippen LogP contribution in [0.15, 0.2) is 167 Å². The van der Waals surface area contributed by atoms with Crippen LogP contribution in [0.3, 0.4) is 0 Å². The van der Waals surface area contributed by atoms with Gasteiger partial charge in [0.2, 0.25) is 5.71 Å². The molecule has 0 spiro atoms. The Hall–Kier alpha value is -6.52. The van der Waals surface area contributed by atoms with Crippen molar-refractivity contribution in [1.82, 2.24) is 9.13 Å². The average Bonchev–Trinajstić information content (AvgIpc) is 3.88. The van der Waals surface area contributed by atoms with Gasteiger partial charge in [-0.25, -0.2) is 0 Å². The highest BCUT2D eigenvalue weighted by atomic mass is 16.3. The van der Waals surface area contributed by atoms with E-state index in [2.05, 4.69) is 143 Å². The highest BCUT2D eigenvalue weighted by Gasteiger charge is 2.20. The molecule has 0 saturated carbocycles. The van der Waals surface area contributed by atoms with Gasteiger partial charge in [0.05, 0.1) is 27.6 Å². The third-order valence-electron chi connectivity index (χ3n) is 9.92. The number of hydrogen-bond acceptors (Lipinski definition) is 2. The lowest BCUT2D eigenvalue weighted by Gasteiger charge is -2.12. The molecule has 0 radical (unpaired) electrons. The molecule has 0 aliphatic carbocycles. The van der Waals surface area contributed by atoms with Crippen LogP contribution in [0.5, 0.6) is 0 Å². The number of fused-ring (bicyclic) bond motifs is 11. The normalized spacial score (nSPS) is 12.2. The summed E-state index contributed by atoms with van der Waals surface area (Å²) in [7, 11) is 0. The molecule has 0 bridgehead atoms. The van der Waals surface area contributed by atoms with Gasteiger partial charge in [0, 0.05) is 38.0 Å². The summed E-state index contributed by atoms with van der Waals surface area (Å²) < 4.78 is 17.3. The summed E-state index contributed by atoms with van der Waals surface area (Å²) in [4.78, 5) is 0. The number of rotatable bonds is 3. The van der Waals surface area contributed by atoms with E-state index in [-0.39, 0.29) is 0 Å². The smallest absolute Gasteiger partial charge is 0.213 e. The highest BCUT2D eigenvalue weighted by Crippen LogP contribution is 2.41. The summed E-state index contributed by atoms with van der Waals surface area (Å²) in [6.45, 7) is 0. The second-order valence-corrected chi connectivity index (χ2v) is 12.5. The van der Waals surface area contributed by atoms with Crippen LogP contribution in [-0.4, -0.2) is 9.13 Å². The molecule has 4 nitrogen and oxygen atoms in total. The Balaban J connectivity index is 1.12. The predicted molar refractivity (Wildman–Crippen MR) is 198 cm³/mol. The molecule has 0 aliphatic heterocycles. The van der Waals surface area contributed by atoms with Gasteiger partial charge in [-0.3, -0.25) is 4.57 Å². The molecular weight excluding hydrogens is 588 g/mol. The zero-order chi connectivity index (χ0) is 31.3. The SMILES string of the molecule is c1cc(-n2c3ccccc3c3cc(-c4ccc5oc6ccccc6c5c4)ccc32)cc(-n2c3ccccc3c3c4ccccc4oc32)c1. The number of hydrogen-bond donors (Lipinski definition) is 0. The molecule has 0 amide bonds. The topological polar surface area (TPSA) is 36.1 Å².